The Morgan fingerprint density at radius 3 is 2.18 bits per heavy atom. The lowest BCUT2D eigenvalue weighted by Gasteiger charge is -2.41. The molecule has 2 amide bonds. The predicted octanol–water partition coefficient (Wildman–Crippen LogP) is 2.86. The van der Waals surface area contributed by atoms with Crippen LogP contribution in [0.2, 0.25) is 0 Å². The van der Waals surface area contributed by atoms with Crippen LogP contribution in [0.4, 0.5) is 4.79 Å². The minimum absolute atomic E-state index is 0.0219. The van der Waals surface area contributed by atoms with Crippen molar-refractivity contribution >= 4 is 18.0 Å². The second-order valence-electron chi connectivity index (χ2n) is 8.60. The second kappa shape index (κ2) is 9.62. The first-order valence-electron chi connectivity index (χ1n) is 11.0. The fraction of sp³-hybridized carbons (Fsp3) is 0.400. The van der Waals surface area contributed by atoms with E-state index in [2.05, 4.69) is 17.4 Å². The summed E-state index contributed by atoms with van der Waals surface area (Å²) in [7, 11) is 1.47. The van der Waals surface area contributed by atoms with Crippen LogP contribution in [0.3, 0.4) is 0 Å². The third-order valence-corrected chi connectivity index (χ3v) is 6.46. The summed E-state index contributed by atoms with van der Waals surface area (Å²) >= 11 is 0. The van der Waals surface area contributed by atoms with Gasteiger partial charge in [-0.15, -0.1) is 0 Å². The molecule has 8 nitrogen and oxygen atoms in total. The summed E-state index contributed by atoms with van der Waals surface area (Å²) < 4.78 is 10.9. The number of ether oxygens (including phenoxy) is 2. The standard InChI is InChI=1S/C25H28N2O6/c1-15(32-2)23(24(30)27-12-16(13-27)11-22(28)29)26-25(31)33-14-21-19-9-5-3-7-17(19)18-8-4-6-10-20(18)21/h3-10,15-16,21,23H,11-14H2,1-2H3,(H,26,31)(H,28,29)/t15-,23+/m1/s1. The normalized spacial score (nSPS) is 16.8. The third-order valence-electron chi connectivity index (χ3n) is 6.46. The van der Waals surface area contributed by atoms with E-state index in [9.17, 15) is 14.4 Å². The first-order valence-corrected chi connectivity index (χ1v) is 11.0. The zero-order chi connectivity index (χ0) is 23.5. The molecule has 4 rings (SSSR count). The van der Waals surface area contributed by atoms with Crippen molar-refractivity contribution in [2.75, 3.05) is 26.8 Å². The van der Waals surface area contributed by atoms with Gasteiger partial charge in [-0.2, -0.15) is 0 Å². The molecule has 2 aliphatic rings. The van der Waals surface area contributed by atoms with E-state index in [-0.39, 0.29) is 30.8 Å². The van der Waals surface area contributed by atoms with Gasteiger partial charge in [-0.25, -0.2) is 4.79 Å². The Morgan fingerprint density at radius 2 is 1.64 bits per heavy atom. The first kappa shape index (κ1) is 22.8. The second-order valence-corrected chi connectivity index (χ2v) is 8.60. The van der Waals surface area contributed by atoms with Crippen molar-refractivity contribution < 1.29 is 29.0 Å². The maximum Gasteiger partial charge on any atom is 0.407 e. The summed E-state index contributed by atoms with van der Waals surface area (Å²) in [5.74, 6) is -1.34. The molecule has 0 saturated carbocycles. The highest BCUT2D eigenvalue weighted by Gasteiger charge is 2.39. The lowest BCUT2D eigenvalue weighted by atomic mass is 9.95. The van der Waals surface area contributed by atoms with Crippen LogP contribution in [0, 0.1) is 5.92 Å². The zero-order valence-corrected chi connectivity index (χ0v) is 18.7. The fourth-order valence-electron chi connectivity index (χ4n) is 4.61. The Labute approximate surface area is 192 Å². The topological polar surface area (TPSA) is 105 Å². The number of hydrogen-bond donors (Lipinski definition) is 2. The number of alkyl carbamates (subject to hydrolysis) is 1. The first-order chi connectivity index (χ1) is 15.9. The quantitative estimate of drug-likeness (QED) is 0.638. The number of nitrogens with zero attached hydrogens (tertiary/aromatic N) is 1. The van der Waals surface area contributed by atoms with Gasteiger partial charge in [0, 0.05) is 32.0 Å². The maximum absolute atomic E-state index is 12.9. The lowest BCUT2D eigenvalue weighted by Crippen LogP contribution is -2.60. The van der Waals surface area contributed by atoms with Crippen molar-refractivity contribution in [2.45, 2.75) is 31.4 Å². The van der Waals surface area contributed by atoms with Gasteiger partial charge in [0.05, 0.1) is 12.5 Å². The maximum atomic E-state index is 12.9. The van der Waals surface area contributed by atoms with Gasteiger partial charge in [-0.05, 0) is 29.2 Å². The summed E-state index contributed by atoms with van der Waals surface area (Å²) in [6.45, 7) is 2.54. The number of carbonyl (C=O) groups excluding carboxylic acids is 2. The van der Waals surface area contributed by atoms with Crippen molar-refractivity contribution in [1.29, 1.82) is 0 Å². The van der Waals surface area contributed by atoms with Gasteiger partial charge in [0.2, 0.25) is 5.91 Å². The van der Waals surface area contributed by atoms with E-state index in [0.717, 1.165) is 22.3 Å². The molecule has 0 unspecified atom stereocenters. The van der Waals surface area contributed by atoms with Crippen LogP contribution < -0.4 is 5.32 Å². The fourth-order valence-corrected chi connectivity index (χ4v) is 4.61. The lowest BCUT2D eigenvalue weighted by molar-refractivity contribution is -0.148. The van der Waals surface area contributed by atoms with Crippen molar-refractivity contribution in [2.24, 2.45) is 5.92 Å². The molecule has 0 bridgehead atoms. The molecule has 1 aliphatic carbocycles. The minimum atomic E-state index is -0.920. The Bertz CT molecular complexity index is 1000. The largest absolute Gasteiger partial charge is 0.481 e. The number of carboxylic acids is 1. The molecule has 0 radical (unpaired) electrons. The Hall–Kier alpha value is -3.39. The highest BCUT2D eigenvalue weighted by molar-refractivity contribution is 5.87. The average molecular weight is 453 g/mol. The molecular weight excluding hydrogens is 424 g/mol. The van der Waals surface area contributed by atoms with E-state index in [4.69, 9.17) is 14.6 Å². The number of nitrogens with one attached hydrogen (secondary N) is 1. The van der Waals surface area contributed by atoms with Gasteiger partial charge in [-0.3, -0.25) is 9.59 Å². The molecular formula is C25H28N2O6. The Balaban J connectivity index is 1.39. The van der Waals surface area contributed by atoms with Crippen molar-refractivity contribution in [3.8, 4) is 11.1 Å². The molecule has 8 heteroatoms. The van der Waals surface area contributed by atoms with Crippen molar-refractivity contribution in [3.63, 3.8) is 0 Å². The van der Waals surface area contributed by atoms with Crippen LogP contribution >= 0.6 is 0 Å². The highest BCUT2D eigenvalue weighted by atomic mass is 16.5. The van der Waals surface area contributed by atoms with Crippen LogP contribution in [-0.4, -0.2) is 66.9 Å². The summed E-state index contributed by atoms with van der Waals surface area (Å²) in [5.41, 5.74) is 4.48. The molecule has 0 spiro atoms. The number of carboxylic acid groups (broad SMARTS) is 1. The van der Waals surface area contributed by atoms with Gasteiger partial charge in [0.25, 0.3) is 0 Å². The number of likely N-dealkylation sites (tertiary alicyclic amines) is 1. The number of carbonyl (C=O) groups is 3. The zero-order valence-electron chi connectivity index (χ0n) is 18.7. The number of methoxy groups -OCH3 is 1. The van der Waals surface area contributed by atoms with Crippen LogP contribution in [0.1, 0.15) is 30.4 Å². The molecule has 2 aromatic carbocycles. The molecule has 1 aliphatic heterocycles. The molecule has 2 N–H and O–H groups in total. The Morgan fingerprint density at radius 1 is 1.06 bits per heavy atom. The van der Waals surface area contributed by atoms with Gasteiger partial charge in [0.1, 0.15) is 12.6 Å². The number of fused-ring (bicyclic) bond motifs is 3. The van der Waals surface area contributed by atoms with E-state index in [0.29, 0.717) is 13.1 Å². The van der Waals surface area contributed by atoms with Crippen LogP contribution in [0.5, 0.6) is 0 Å². The van der Waals surface area contributed by atoms with Gasteiger partial charge in [0.15, 0.2) is 0 Å². The van der Waals surface area contributed by atoms with E-state index >= 15 is 0 Å². The van der Waals surface area contributed by atoms with Crippen LogP contribution in [-0.2, 0) is 19.1 Å². The summed E-state index contributed by atoms with van der Waals surface area (Å²) in [6.07, 6.45) is -1.24. The molecule has 2 atom stereocenters. The van der Waals surface area contributed by atoms with Gasteiger partial charge >= 0.3 is 12.1 Å². The Kier molecular flexibility index (Phi) is 6.65. The van der Waals surface area contributed by atoms with E-state index in [1.165, 1.54) is 12.0 Å². The average Bonchev–Trinajstić information content (AvgIpc) is 3.11. The number of hydrogen-bond acceptors (Lipinski definition) is 5. The minimum Gasteiger partial charge on any atom is -0.481 e. The molecule has 0 aromatic heterocycles. The van der Waals surface area contributed by atoms with E-state index < -0.39 is 24.2 Å². The summed E-state index contributed by atoms with van der Waals surface area (Å²) in [4.78, 5) is 38.0. The van der Waals surface area contributed by atoms with Crippen LogP contribution in [0.15, 0.2) is 48.5 Å². The predicted molar refractivity (Wildman–Crippen MR) is 121 cm³/mol. The molecule has 2 aromatic rings. The van der Waals surface area contributed by atoms with Crippen molar-refractivity contribution in [3.05, 3.63) is 59.7 Å². The number of aliphatic carboxylic acids is 1. The molecule has 33 heavy (non-hydrogen) atoms. The van der Waals surface area contributed by atoms with Gasteiger partial charge in [-0.1, -0.05) is 48.5 Å². The van der Waals surface area contributed by atoms with Crippen LogP contribution in [0.25, 0.3) is 11.1 Å². The third kappa shape index (κ3) is 4.71. The number of rotatable bonds is 8. The highest BCUT2D eigenvalue weighted by Crippen LogP contribution is 2.44. The molecule has 1 fully saturated rings. The molecule has 1 heterocycles. The molecule has 174 valence electrons. The summed E-state index contributed by atoms with van der Waals surface area (Å²) in [6, 6.07) is 15.2. The smallest absolute Gasteiger partial charge is 0.407 e. The van der Waals surface area contributed by atoms with E-state index in [1.54, 1.807) is 6.92 Å². The summed E-state index contributed by atoms with van der Waals surface area (Å²) in [5, 5.41) is 11.6. The monoisotopic (exact) mass is 452 g/mol. The number of benzene rings is 2. The number of amides is 2. The van der Waals surface area contributed by atoms with E-state index in [1.807, 2.05) is 36.4 Å². The van der Waals surface area contributed by atoms with Crippen molar-refractivity contribution in [1.82, 2.24) is 10.2 Å². The van der Waals surface area contributed by atoms with Gasteiger partial charge < -0.3 is 24.8 Å². The SMILES string of the molecule is CO[C@H](C)[C@H](NC(=O)OCC1c2ccccc2-c2ccccc21)C(=O)N1CC(CC(=O)O)C1. The molecule has 1 saturated heterocycles.